The SMILES string of the molecule is CCn1cncc1CCN(C=O)CC1CC1. The van der Waals surface area contributed by atoms with Crippen molar-refractivity contribution >= 4 is 6.41 Å². The van der Waals surface area contributed by atoms with Crippen LogP contribution in [0.2, 0.25) is 0 Å². The van der Waals surface area contributed by atoms with Crippen LogP contribution in [0.5, 0.6) is 0 Å². The minimum atomic E-state index is 0.765. The molecule has 0 unspecified atom stereocenters. The van der Waals surface area contributed by atoms with Crippen LogP contribution in [-0.2, 0) is 17.8 Å². The zero-order valence-electron chi connectivity index (χ0n) is 9.80. The Bertz CT molecular complexity index is 344. The Labute approximate surface area is 96.3 Å². The third-order valence-electron chi connectivity index (χ3n) is 3.13. The van der Waals surface area contributed by atoms with Crippen molar-refractivity contribution in [3.05, 3.63) is 18.2 Å². The van der Waals surface area contributed by atoms with Crippen LogP contribution < -0.4 is 0 Å². The number of nitrogens with zero attached hydrogens (tertiary/aromatic N) is 3. The highest BCUT2D eigenvalue weighted by atomic mass is 16.1. The number of imidazole rings is 1. The van der Waals surface area contributed by atoms with Crippen molar-refractivity contribution in [1.82, 2.24) is 14.5 Å². The number of aryl methyl sites for hydroxylation is 1. The summed E-state index contributed by atoms with van der Waals surface area (Å²) in [6.07, 6.45) is 8.20. The number of hydrogen-bond acceptors (Lipinski definition) is 2. The number of amides is 1. The van der Waals surface area contributed by atoms with Gasteiger partial charge in [-0.1, -0.05) is 0 Å². The molecule has 4 heteroatoms. The van der Waals surface area contributed by atoms with E-state index >= 15 is 0 Å². The second-order valence-corrected chi connectivity index (χ2v) is 4.46. The molecule has 1 aromatic heterocycles. The van der Waals surface area contributed by atoms with Crippen molar-refractivity contribution in [2.45, 2.75) is 32.7 Å². The third kappa shape index (κ3) is 2.84. The van der Waals surface area contributed by atoms with Crippen LogP contribution in [0.25, 0.3) is 0 Å². The molecule has 0 atom stereocenters. The quantitative estimate of drug-likeness (QED) is 0.651. The normalized spacial score (nSPS) is 15.1. The monoisotopic (exact) mass is 221 g/mol. The summed E-state index contributed by atoms with van der Waals surface area (Å²) in [7, 11) is 0. The van der Waals surface area contributed by atoms with Gasteiger partial charge in [0.1, 0.15) is 0 Å². The molecule has 2 rings (SSSR count). The van der Waals surface area contributed by atoms with Gasteiger partial charge in [-0.05, 0) is 25.7 Å². The van der Waals surface area contributed by atoms with Gasteiger partial charge in [-0.2, -0.15) is 0 Å². The standard InChI is InChI=1S/C12H19N3O/c1-2-15-9-13-7-12(15)5-6-14(10-16)8-11-3-4-11/h7,9-11H,2-6,8H2,1H3. The maximum absolute atomic E-state index is 10.9. The van der Waals surface area contributed by atoms with Crippen molar-refractivity contribution < 1.29 is 4.79 Å². The van der Waals surface area contributed by atoms with E-state index in [2.05, 4.69) is 16.5 Å². The van der Waals surface area contributed by atoms with Gasteiger partial charge in [-0.15, -0.1) is 0 Å². The van der Waals surface area contributed by atoms with Gasteiger partial charge in [0.05, 0.1) is 6.33 Å². The molecule has 0 aromatic carbocycles. The largest absolute Gasteiger partial charge is 0.345 e. The predicted molar refractivity (Wildman–Crippen MR) is 62.0 cm³/mol. The maximum Gasteiger partial charge on any atom is 0.209 e. The average molecular weight is 221 g/mol. The summed E-state index contributed by atoms with van der Waals surface area (Å²) in [5.74, 6) is 0.765. The van der Waals surface area contributed by atoms with Crippen LogP contribution in [-0.4, -0.2) is 34.0 Å². The lowest BCUT2D eigenvalue weighted by atomic mass is 10.3. The van der Waals surface area contributed by atoms with Gasteiger partial charge in [0.2, 0.25) is 6.41 Å². The molecule has 1 aliphatic carbocycles. The van der Waals surface area contributed by atoms with Gasteiger partial charge >= 0.3 is 0 Å². The first kappa shape index (κ1) is 11.2. The number of rotatable bonds is 7. The second kappa shape index (κ2) is 5.14. The van der Waals surface area contributed by atoms with Crippen molar-refractivity contribution in [3.63, 3.8) is 0 Å². The Balaban J connectivity index is 1.82. The molecular weight excluding hydrogens is 202 g/mol. The number of carbonyl (C=O) groups is 1. The molecule has 1 saturated carbocycles. The molecule has 16 heavy (non-hydrogen) atoms. The van der Waals surface area contributed by atoms with E-state index in [0.29, 0.717) is 0 Å². The van der Waals surface area contributed by atoms with E-state index in [1.165, 1.54) is 18.5 Å². The molecule has 1 amide bonds. The summed E-state index contributed by atoms with van der Waals surface area (Å²) >= 11 is 0. The van der Waals surface area contributed by atoms with Gasteiger partial charge < -0.3 is 9.47 Å². The molecule has 1 aliphatic rings. The highest BCUT2D eigenvalue weighted by molar-refractivity contribution is 5.47. The fourth-order valence-electron chi connectivity index (χ4n) is 1.92. The lowest BCUT2D eigenvalue weighted by Gasteiger charge is -2.17. The zero-order chi connectivity index (χ0) is 11.4. The van der Waals surface area contributed by atoms with Crippen molar-refractivity contribution in [2.24, 2.45) is 5.92 Å². The van der Waals surface area contributed by atoms with Crippen LogP contribution in [0.4, 0.5) is 0 Å². The molecule has 4 nitrogen and oxygen atoms in total. The van der Waals surface area contributed by atoms with Crippen LogP contribution >= 0.6 is 0 Å². The number of hydrogen-bond donors (Lipinski definition) is 0. The first-order valence-corrected chi connectivity index (χ1v) is 6.01. The third-order valence-corrected chi connectivity index (χ3v) is 3.13. The lowest BCUT2D eigenvalue weighted by molar-refractivity contribution is -0.118. The van der Waals surface area contributed by atoms with Crippen LogP contribution in [0.3, 0.4) is 0 Å². The molecule has 1 fully saturated rings. The predicted octanol–water partition coefficient (Wildman–Crippen LogP) is 1.31. The topological polar surface area (TPSA) is 38.1 Å². The number of aromatic nitrogens is 2. The van der Waals surface area contributed by atoms with E-state index in [1.807, 2.05) is 17.4 Å². The van der Waals surface area contributed by atoms with Gasteiger partial charge in [0, 0.05) is 37.9 Å². The number of carbonyl (C=O) groups excluding carboxylic acids is 1. The maximum atomic E-state index is 10.9. The van der Waals surface area contributed by atoms with Crippen molar-refractivity contribution in [3.8, 4) is 0 Å². The Morgan fingerprint density at radius 3 is 3.06 bits per heavy atom. The first-order chi connectivity index (χ1) is 7.83. The van der Waals surface area contributed by atoms with E-state index in [-0.39, 0.29) is 0 Å². The summed E-state index contributed by atoms with van der Waals surface area (Å²) < 4.78 is 2.13. The summed E-state index contributed by atoms with van der Waals surface area (Å²) in [5.41, 5.74) is 1.21. The highest BCUT2D eigenvalue weighted by Crippen LogP contribution is 2.29. The molecule has 1 aromatic rings. The van der Waals surface area contributed by atoms with E-state index in [9.17, 15) is 4.79 Å². The van der Waals surface area contributed by atoms with Crippen LogP contribution in [0.1, 0.15) is 25.5 Å². The van der Waals surface area contributed by atoms with Crippen LogP contribution in [0, 0.1) is 5.92 Å². The second-order valence-electron chi connectivity index (χ2n) is 4.46. The molecule has 0 spiro atoms. The molecule has 0 radical (unpaired) electrons. The van der Waals surface area contributed by atoms with E-state index in [4.69, 9.17) is 0 Å². The first-order valence-electron chi connectivity index (χ1n) is 6.01. The van der Waals surface area contributed by atoms with Gasteiger partial charge in [-0.25, -0.2) is 4.98 Å². The van der Waals surface area contributed by atoms with Crippen molar-refractivity contribution in [2.75, 3.05) is 13.1 Å². The Kier molecular flexibility index (Phi) is 3.59. The summed E-state index contributed by atoms with van der Waals surface area (Å²) in [6.45, 7) is 4.79. The summed E-state index contributed by atoms with van der Waals surface area (Å²) in [4.78, 5) is 16.9. The van der Waals surface area contributed by atoms with Gasteiger partial charge in [0.25, 0.3) is 0 Å². The molecular formula is C12H19N3O. The Morgan fingerprint density at radius 2 is 2.44 bits per heavy atom. The smallest absolute Gasteiger partial charge is 0.209 e. The summed E-state index contributed by atoms with van der Waals surface area (Å²) in [6, 6.07) is 0. The van der Waals surface area contributed by atoms with E-state index in [1.54, 1.807) is 0 Å². The lowest BCUT2D eigenvalue weighted by Crippen LogP contribution is -2.27. The Morgan fingerprint density at radius 1 is 1.62 bits per heavy atom. The molecule has 0 saturated heterocycles. The summed E-state index contributed by atoms with van der Waals surface area (Å²) in [5, 5.41) is 0. The molecule has 88 valence electrons. The fourth-order valence-corrected chi connectivity index (χ4v) is 1.92. The molecule has 0 N–H and O–H groups in total. The minimum Gasteiger partial charge on any atom is -0.345 e. The van der Waals surface area contributed by atoms with Crippen LogP contribution in [0.15, 0.2) is 12.5 Å². The highest BCUT2D eigenvalue weighted by Gasteiger charge is 2.23. The Hall–Kier alpha value is -1.32. The fraction of sp³-hybridized carbons (Fsp3) is 0.667. The molecule has 0 aliphatic heterocycles. The minimum absolute atomic E-state index is 0.765. The molecule has 0 bridgehead atoms. The molecule has 1 heterocycles. The zero-order valence-corrected chi connectivity index (χ0v) is 9.80. The van der Waals surface area contributed by atoms with Crippen molar-refractivity contribution in [1.29, 1.82) is 0 Å². The average Bonchev–Trinajstić information content (AvgIpc) is 3.00. The van der Waals surface area contributed by atoms with Gasteiger partial charge in [-0.3, -0.25) is 4.79 Å². The van der Waals surface area contributed by atoms with E-state index in [0.717, 1.165) is 38.4 Å². The van der Waals surface area contributed by atoms with E-state index < -0.39 is 0 Å². The van der Waals surface area contributed by atoms with Gasteiger partial charge in [0.15, 0.2) is 0 Å².